The van der Waals surface area contributed by atoms with E-state index in [4.69, 9.17) is 15.0 Å². The van der Waals surface area contributed by atoms with Crippen LogP contribution in [0.15, 0.2) is 33.3 Å². The van der Waals surface area contributed by atoms with Crippen molar-refractivity contribution in [2.75, 3.05) is 13.2 Å². The van der Waals surface area contributed by atoms with Crippen LogP contribution in [0, 0.1) is 0 Å². The molecule has 0 aliphatic carbocycles. The van der Waals surface area contributed by atoms with Crippen molar-refractivity contribution in [1.82, 2.24) is 10.1 Å². The van der Waals surface area contributed by atoms with Crippen LogP contribution in [0.1, 0.15) is 23.2 Å². The Labute approximate surface area is 119 Å². The fraction of sp³-hybridized carbons (Fsp3) is 0.385. The van der Waals surface area contributed by atoms with Gasteiger partial charge in [0, 0.05) is 16.9 Å². The molecule has 1 aromatic carbocycles. The van der Waals surface area contributed by atoms with Gasteiger partial charge in [-0.05, 0) is 17.7 Å². The zero-order chi connectivity index (χ0) is 13.2. The summed E-state index contributed by atoms with van der Waals surface area (Å²) in [5.41, 5.74) is 7.07. The number of hydrogen-bond acceptors (Lipinski definition) is 5. The van der Waals surface area contributed by atoms with Gasteiger partial charge in [-0.2, -0.15) is 4.98 Å². The van der Waals surface area contributed by atoms with E-state index in [2.05, 4.69) is 26.1 Å². The van der Waals surface area contributed by atoms with Gasteiger partial charge in [-0.3, -0.25) is 0 Å². The van der Waals surface area contributed by atoms with Gasteiger partial charge in [0.1, 0.15) is 0 Å². The van der Waals surface area contributed by atoms with Gasteiger partial charge in [-0.15, -0.1) is 0 Å². The molecule has 1 fully saturated rings. The molecule has 0 spiro atoms. The third kappa shape index (κ3) is 2.86. The number of nitrogens with zero attached hydrogens (tertiary/aromatic N) is 2. The lowest BCUT2D eigenvalue weighted by Gasteiger charge is -2.06. The Kier molecular flexibility index (Phi) is 3.63. The average Bonchev–Trinajstić information content (AvgIpc) is 2.98. The van der Waals surface area contributed by atoms with Gasteiger partial charge < -0.3 is 15.0 Å². The maximum atomic E-state index is 5.93. The van der Waals surface area contributed by atoms with E-state index >= 15 is 0 Å². The Morgan fingerprint density at radius 2 is 2.26 bits per heavy atom. The lowest BCUT2D eigenvalue weighted by Crippen LogP contribution is -2.27. The molecule has 1 saturated heterocycles. The zero-order valence-corrected chi connectivity index (χ0v) is 11.8. The monoisotopic (exact) mass is 323 g/mol. The smallest absolute Gasteiger partial charge is 0.233 e. The van der Waals surface area contributed by atoms with Crippen LogP contribution < -0.4 is 5.73 Å². The van der Waals surface area contributed by atoms with Gasteiger partial charge in [0.25, 0.3) is 0 Å². The number of nitrogens with two attached hydrogens (primary N) is 1. The van der Waals surface area contributed by atoms with Crippen LogP contribution in [-0.4, -0.2) is 29.4 Å². The normalized spacial score (nSPS) is 22.8. The van der Waals surface area contributed by atoms with Gasteiger partial charge in [0.05, 0.1) is 19.1 Å². The summed E-state index contributed by atoms with van der Waals surface area (Å²) in [4.78, 5) is 4.41. The van der Waals surface area contributed by atoms with Gasteiger partial charge in [-0.1, -0.05) is 33.2 Å². The van der Waals surface area contributed by atoms with Crippen molar-refractivity contribution < 1.29 is 9.26 Å². The lowest BCUT2D eigenvalue weighted by atomic mass is 10.1. The summed E-state index contributed by atoms with van der Waals surface area (Å²) in [6.07, 6.45) is 0.645. The van der Waals surface area contributed by atoms with E-state index in [0.29, 0.717) is 31.3 Å². The van der Waals surface area contributed by atoms with Crippen LogP contribution in [0.2, 0.25) is 0 Å². The van der Waals surface area contributed by atoms with E-state index in [1.54, 1.807) is 0 Å². The van der Waals surface area contributed by atoms with Gasteiger partial charge in [0.2, 0.25) is 5.89 Å². The van der Waals surface area contributed by atoms with Crippen molar-refractivity contribution >= 4 is 15.9 Å². The predicted molar refractivity (Wildman–Crippen MR) is 72.8 cm³/mol. The molecule has 0 amide bonds. The molecule has 19 heavy (non-hydrogen) atoms. The van der Waals surface area contributed by atoms with E-state index in [1.165, 1.54) is 0 Å². The molecule has 100 valence electrons. The molecule has 1 aliphatic heterocycles. The van der Waals surface area contributed by atoms with Crippen molar-refractivity contribution in [2.24, 2.45) is 5.73 Å². The highest BCUT2D eigenvalue weighted by Gasteiger charge is 2.31. The molecule has 2 aromatic rings. The molecular weight excluding hydrogens is 310 g/mol. The Bertz CT molecular complexity index is 573. The zero-order valence-electron chi connectivity index (χ0n) is 10.3. The molecule has 5 nitrogen and oxygen atoms in total. The molecule has 0 saturated carbocycles. The second-order valence-corrected chi connectivity index (χ2v) is 5.58. The van der Waals surface area contributed by atoms with Crippen molar-refractivity contribution in [2.45, 2.75) is 18.4 Å². The lowest BCUT2D eigenvalue weighted by molar-refractivity contribution is 0.187. The maximum Gasteiger partial charge on any atom is 0.233 e. The number of ether oxygens (including phenoxy) is 1. The first-order valence-electron chi connectivity index (χ1n) is 6.12. The Morgan fingerprint density at radius 3 is 3.00 bits per heavy atom. The minimum atomic E-state index is -0.0563. The average molecular weight is 324 g/mol. The highest BCUT2D eigenvalue weighted by Crippen LogP contribution is 2.23. The molecule has 6 heteroatoms. The minimum Gasteiger partial charge on any atom is -0.379 e. The van der Waals surface area contributed by atoms with Gasteiger partial charge >= 0.3 is 0 Å². The first-order valence-corrected chi connectivity index (χ1v) is 6.92. The van der Waals surface area contributed by atoms with Crippen LogP contribution in [-0.2, 0) is 11.2 Å². The highest BCUT2D eigenvalue weighted by atomic mass is 79.9. The summed E-state index contributed by atoms with van der Waals surface area (Å²) in [5.74, 6) is 1.27. The number of hydrogen-bond donors (Lipinski definition) is 1. The predicted octanol–water partition coefficient (Wildman–Crippen LogP) is 1.86. The maximum absolute atomic E-state index is 5.93. The summed E-state index contributed by atoms with van der Waals surface area (Å²) < 4.78 is 11.6. The van der Waals surface area contributed by atoms with Crippen LogP contribution in [0.3, 0.4) is 0 Å². The van der Waals surface area contributed by atoms with Crippen molar-refractivity contribution in [3.63, 3.8) is 0 Å². The topological polar surface area (TPSA) is 74.2 Å². The fourth-order valence-corrected chi connectivity index (χ4v) is 2.59. The summed E-state index contributed by atoms with van der Waals surface area (Å²) in [6, 6.07) is 7.99. The second kappa shape index (κ2) is 5.40. The molecule has 1 aromatic heterocycles. The molecule has 2 N–H and O–H groups in total. The molecular formula is C13H14BrN3O2. The third-order valence-electron chi connectivity index (χ3n) is 3.18. The number of aromatic nitrogens is 2. The Balaban J connectivity index is 1.74. The van der Waals surface area contributed by atoms with Gasteiger partial charge in [-0.25, -0.2) is 0 Å². The molecule has 2 heterocycles. The summed E-state index contributed by atoms with van der Waals surface area (Å²) in [6.45, 7) is 1.10. The van der Waals surface area contributed by atoms with Crippen LogP contribution in [0.25, 0.3) is 0 Å². The minimum absolute atomic E-state index is 0.0174. The van der Waals surface area contributed by atoms with Crippen molar-refractivity contribution in [3.8, 4) is 0 Å². The molecule has 3 rings (SSSR count). The highest BCUT2D eigenvalue weighted by molar-refractivity contribution is 9.10. The van der Waals surface area contributed by atoms with E-state index in [-0.39, 0.29) is 12.0 Å². The van der Waals surface area contributed by atoms with Gasteiger partial charge in [0.15, 0.2) is 5.82 Å². The standard InChI is InChI=1S/C13H14BrN3O2/c14-9-3-1-2-8(4-9)5-12-16-13(19-17-12)10-6-18-7-11(10)15/h1-4,10-11H,5-7,15H2. The van der Waals surface area contributed by atoms with Crippen LogP contribution in [0.5, 0.6) is 0 Å². The Hall–Kier alpha value is -1.24. The molecule has 0 bridgehead atoms. The van der Waals surface area contributed by atoms with E-state index in [1.807, 2.05) is 24.3 Å². The number of benzene rings is 1. The first kappa shape index (κ1) is 12.8. The Morgan fingerprint density at radius 1 is 1.37 bits per heavy atom. The number of rotatable bonds is 3. The van der Waals surface area contributed by atoms with E-state index in [9.17, 15) is 0 Å². The third-order valence-corrected chi connectivity index (χ3v) is 3.67. The van der Waals surface area contributed by atoms with Crippen molar-refractivity contribution in [3.05, 3.63) is 46.0 Å². The molecule has 0 radical (unpaired) electrons. The second-order valence-electron chi connectivity index (χ2n) is 4.66. The van der Waals surface area contributed by atoms with Crippen molar-refractivity contribution in [1.29, 1.82) is 0 Å². The molecule has 2 atom stereocenters. The SMILES string of the molecule is NC1COCC1c1nc(Cc2cccc(Br)c2)no1. The van der Waals surface area contributed by atoms with Crippen LogP contribution in [0.4, 0.5) is 0 Å². The van der Waals surface area contributed by atoms with E-state index in [0.717, 1.165) is 10.0 Å². The molecule has 2 unspecified atom stereocenters. The number of halogens is 1. The van der Waals surface area contributed by atoms with Crippen LogP contribution >= 0.6 is 15.9 Å². The summed E-state index contributed by atoms with van der Waals surface area (Å²) in [5, 5.41) is 4.01. The molecule has 1 aliphatic rings. The fourth-order valence-electron chi connectivity index (χ4n) is 2.14. The quantitative estimate of drug-likeness (QED) is 0.933. The van der Waals surface area contributed by atoms with E-state index < -0.39 is 0 Å². The summed E-state index contributed by atoms with van der Waals surface area (Å²) in [7, 11) is 0. The summed E-state index contributed by atoms with van der Waals surface area (Å²) >= 11 is 3.45. The largest absolute Gasteiger partial charge is 0.379 e. The first-order chi connectivity index (χ1) is 9.22.